The first-order valence-corrected chi connectivity index (χ1v) is 7.07. The molecule has 2 aromatic rings. The van der Waals surface area contributed by atoms with Crippen LogP contribution >= 0.6 is 15.9 Å². The van der Waals surface area contributed by atoms with Crippen molar-refractivity contribution in [3.63, 3.8) is 0 Å². The van der Waals surface area contributed by atoms with Crippen LogP contribution in [0.4, 0.5) is 0 Å². The molecule has 2 N–H and O–H groups in total. The third kappa shape index (κ3) is 3.16. The van der Waals surface area contributed by atoms with Crippen LogP contribution in [0, 0.1) is 0 Å². The van der Waals surface area contributed by atoms with Gasteiger partial charge in [-0.2, -0.15) is 5.10 Å². The Balaban J connectivity index is 2.16. The smallest absolute Gasteiger partial charge is 0.138 e. The fraction of sp³-hybridized carbons (Fsp3) is 0.357. The van der Waals surface area contributed by atoms with E-state index in [2.05, 4.69) is 34.0 Å². The third-order valence-corrected chi connectivity index (χ3v) is 3.65. The van der Waals surface area contributed by atoms with E-state index >= 15 is 0 Å². The fourth-order valence-corrected chi connectivity index (χ4v) is 2.42. The molecule has 0 aliphatic carbocycles. The number of aromatic nitrogens is 2. The van der Waals surface area contributed by atoms with Gasteiger partial charge >= 0.3 is 0 Å². The number of aryl methyl sites for hydroxylation is 2. The normalized spacial score (nSPS) is 10.7. The lowest BCUT2D eigenvalue weighted by Gasteiger charge is -2.12. The Morgan fingerprint density at radius 3 is 2.84 bits per heavy atom. The van der Waals surface area contributed by atoms with Gasteiger partial charge in [-0.25, -0.2) is 0 Å². The zero-order valence-electron chi connectivity index (χ0n) is 11.2. The molecule has 1 aromatic heterocycles. The molecule has 1 heterocycles. The van der Waals surface area contributed by atoms with Crippen molar-refractivity contribution >= 4 is 15.9 Å². The number of halogens is 1. The number of hydrogen-bond donors (Lipinski definition) is 1. The molecule has 0 atom stereocenters. The molecule has 102 valence electrons. The molecule has 1 aromatic carbocycles. The molecule has 5 heteroatoms. The van der Waals surface area contributed by atoms with Crippen LogP contribution in [0.5, 0.6) is 5.75 Å². The van der Waals surface area contributed by atoms with Crippen molar-refractivity contribution in [3.8, 4) is 5.75 Å². The maximum absolute atomic E-state index is 5.90. The monoisotopic (exact) mass is 323 g/mol. The molecule has 0 aliphatic rings. The summed E-state index contributed by atoms with van der Waals surface area (Å²) in [6.45, 7) is 3.03. The first kappa shape index (κ1) is 14.1. The molecule has 0 spiro atoms. The molecule has 0 unspecified atom stereocenters. The predicted octanol–water partition coefficient (Wildman–Crippen LogP) is 2.78. The van der Waals surface area contributed by atoms with E-state index in [1.165, 1.54) is 0 Å². The molecule has 0 amide bonds. The van der Waals surface area contributed by atoms with Gasteiger partial charge in [-0.1, -0.05) is 19.1 Å². The summed E-state index contributed by atoms with van der Waals surface area (Å²) in [5.74, 6) is 0.809. The van der Waals surface area contributed by atoms with Gasteiger partial charge in [0.15, 0.2) is 0 Å². The zero-order chi connectivity index (χ0) is 13.8. The summed E-state index contributed by atoms with van der Waals surface area (Å²) < 4.78 is 8.68. The Morgan fingerprint density at radius 1 is 1.42 bits per heavy atom. The second kappa shape index (κ2) is 6.21. The van der Waals surface area contributed by atoms with Gasteiger partial charge in [-0.05, 0) is 34.5 Å². The quantitative estimate of drug-likeness (QED) is 0.920. The van der Waals surface area contributed by atoms with E-state index in [0.717, 1.165) is 33.6 Å². The second-order valence-electron chi connectivity index (χ2n) is 4.33. The van der Waals surface area contributed by atoms with Crippen LogP contribution in [0.3, 0.4) is 0 Å². The molecule has 2 rings (SSSR count). The second-order valence-corrected chi connectivity index (χ2v) is 5.18. The van der Waals surface area contributed by atoms with Gasteiger partial charge in [-0.3, -0.25) is 4.68 Å². The minimum absolute atomic E-state index is 0.459. The number of benzene rings is 1. The van der Waals surface area contributed by atoms with Crippen molar-refractivity contribution in [1.29, 1.82) is 0 Å². The van der Waals surface area contributed by atoms with E-state index in [4.69, 9.17) is 10.5 Å². The number of hydrogen-bond acceptors (Lipinski definition) is 3. The van der Waals surface area contributed by atoms with Crippen molar-refractivity contribution in [2.75, 3.05) is 0 Å². The van der Waals surface area contributed by atoms with E-state index in [1.807, 2.05) is 29.9 Å². The molecule has 19 heavy (non-hydrogen) atoms. The lowest BCUT2D eigenvalue weighted by molar-refractivity contribution is 0.290. The number of nitrogens with two attached hydrogens (primary N) is 1. The van der Waals surface area contributed by atoms with E-state index in [-0.39, 0.29) is 0 Å². The van der Waals surface area contributed by atoms with Crippen LogP contribution in [0.15, 0.2) is 28.7 Å². The van der Waals surface area contributed by atoms with Gasteiger partial charge in [0.1, 0.15) is 12.4 Å². The highest BCUT2D eigenvalue weighted by Crippen LogP contribution is 2.29. The van der Waals surface area contributed by atoms with Crippen molar-refractivity contribution in [3.05, 3.63) is 45.7 Å². The molecule has 0 radical (unpaired) electrons. The lowest BCUT2D eigenvalue weighted by Crippen LogP contribution is -2.06. The molecule has 4 nitrogen and oxygen atoms in total. The number of para-hydroxylation sites is 1. The molecular formula is C14H18BrN3O. The Hall–Kier alpha value is -1.33. The minimum atomic E-state index is 0.459. The van der Waals surface area contributed by atoms with Crippen LogP contribution in [0.2, 0.25) is 0 Å². The molecule has 0 aliphatic heterocycles. The summed E-state index contributed by atoms with van der Waals surface area (Å²) in [6.07, 6.45) is 0.928. The third-order valence-electron chi connectivity index (χ3n) is 3.02. The van der Waals surface area contributed by atoms with Gasteiger partial charge in [0.25, 0.3) is 0 Å². The fourth-order valence-electron chi connectivity index (χ4n) is 1.90. The summed E-state index contributed by atoms with van der Waals surface area (Å²) >= 11 is 3.50. The number of rotatable bonds is 5. The predicted molar refractivity (Wildman–Crippen MR) is 79.0 cm³/mol. The van der Waals surface area contributed by atoms with Gasteiger partial charge in [-0.15, -0.1) is 0 Å². The Bertz CT molecular complexity index is 566. The van der Waals surface area contributed by atoms with Crippen molar-refractivity contribution < 1.29 is 4.74 Å². The molecule has 0 saturated carbocycles. The van der Waals surface area contributed by atoms with Gasteiger partial charge < -0.3 is 10.5 Å². The molecule has 0 saturated heterocycles. The number of nitrogens with zero attached hydrogens (tertiary/aromatic N) is 2. The van der Waals surface area contributed by atoms with Crippen molar-refractivity contribution in [2.45, 2.75) is 26.5 Å². The van der Waals surface area contributed by atoms with Crippen molar-refractivity contribution in [1.82, 2.24) is 9.78 Å². The van der Waals surface area contributed by atoms with E-state index in [9.17, 15) is 0 Å². The van der Waals surface area contributed by atoms with Crippen LogP contribution in [-0.4, -0.2) is 9.78 Å². The average molecular weight is 324 g/mol. The highest BCUT2D eigenvalue weighted by atomic mass is 79.9. The highest BCUT2D eigenvalue weighted by Gasteiger charge is 2.09. The zero-order valence-corrected chi connectivity index (χ0v) is 12.8. The van der Waals surface area contributed by atoms with E-state index in [1.54, 1.807) is 0 Å². The van der Waals surface area contributed by atoms with Crippen LogP contribution in [-0.2, 0) is 26.6 Å². The summed E-state index contributed by atoms with van der Waals surface area (Å²) in [7, 11) is 1.93. The molecule has 0 fully saturated rings. The summed E-state index contributed by atoms with van der Waals surface area (Å²) in [4.78, 5) is 0. The number of ether oxygens (including phenoxy) is 1. The van der Waals surface area contributed by atoms with E-state index in [0.29, 0.717) is 13.2 Å². The minimum Gasteiger partial charge on any atom is -0.486 e. The van der Waals surface area contributed by atoms with Gasteiger partial charge in [0.2, 0.25) is 0 Å². The Kier molecular flexibility index (Phi) is 4.61. The summed E-state index contributed by atoms with van der Waals surface area (Å²) in [5, 5.41) is 4.41. The highest BCUT2D eigenvalue weighted by molar-refractivity contribution is 9.10. The molecule has 0 bridgehead atoms. The summed E-state index contributed by atoms with van der Waals surface area (Å²) in [5.41, 5.74) is 8.85. The van der Waals surface area contributed by atoms with Gasteiger partial charge in [0.05, 0.1) is 15.9 Å². The maximum Gasteiger partial charge on any atom is 0.138 e. The molecular weight excluding hydrogens is 306 g/mol. The van der Waals surface area contributed by atoms with Gasteiger partial charge in [0, 0.05) is 19.2 Å². The topological polar surface area (TPSA) is 53.1 Å². The van der Waals surface area contributed by atoms with Crippen LogP contribution in [0.1, 0.15) is 23.9 Å². The summed E-state index contributed by atoms with van der Waals surface area (Å²) in [6, 6.07) is 7.95. The Morgan fingerprint density at radius 2 is 2.21 bits per heavy atom. The first-order valence-electron chi connectivity index (χ1n) is 6.27. The van der Waals surface area contributed by atoms with E-state index < -0.39 is 0 Å². The first-order chi connectivity index (χ1) is 9.15. The SMILES string of the molecule is CCc1cc(COc2c(Br)cccc2CN)n(C)n1. The van der Waals surface area contributed by atoms with Crippen LogP contribution in [0.25, 0.3) is 0 Å². The van der Waals surface area contributed by atoms with Crippen LogP contribution < -0.4 is 10.5 Å². The van der Waals surface area contributed by atoms with Crippen molar-refractivity contribution in [2.24, 2.45) is 12.8 Å². The average Bonchev–Trinajstić information content (AvgIpc) is 2.77. The Labute approximate surface area is 121 Å². The maximum atomic E-state index is 5.90. The largest absolute Gasteiger partial charge is 0.486 e. The lowest BCUT2D eigenvalue weighted by atomic mass is 10.2. The standard InChI is InChI=1S/C14H18BrN3O/c1-3-11-7-12(18(2)17-11)9-19-14-10(8-16)5-4-6-13(14)15/h4-7H,3,8-9,16H2,1-2H3.